The number of carbonyl (C=O) groups is 1. The third-order valence-corrected chi connectivity index (χ3v) is 6.05. The van der Waals surface area contributed by atoms with E-state index in [0.29, 0.717) is 18.4 Å². The molecular weight excluding hydrogens is 345 g/mol. The molecule has 1 fully saturated rings. The second kappa shape index (κ2) is 7.06. The standard InChI is InChI=1S/C22H24FNO3/c23-17-11-7-10-16-20(17)24(21(27)22(16)12-5-2-6-13-22)19(18(26)14-25)15-8-3-1-4-9-15/h1,3-4,7-11,18-19,25-26H,2,5-6,12-14H2/t18-,19+/m1/s1. The average molecular weight is 369 g/mol. The molecule has 0 radical (unpaired) electrons. The van der Waals surface area contributed by atoms with Gasteiger partial charge >= 0.3 is 0 Å². The van der Waals surface area contributed by atoms with Gasteiger partial charge < -0.3 is 10.2 Å². The van der Waals surface area contributed by atoms with Gasteiger partial charge in [0.15, 0.2) is 0 Å². The molecule has 4 nitrogen and oxygen atoms in total. The lowest BCUT2D eigenvalue weighted by molar-refractivity contribution is -0.125. The van der Waals surface area contributed by atoms with Gasteiger partial charge in [-0.05, 0) is 30.0 Å². The molecule has 1 saturated carbocycles. The molecule has 1 amide bonds. The molecule has 4 rings (SSSR count). The number of benzene rings is 2. The Hall–Kier alpha value is -2.24. The number of anilines is 1. The highest BCUT2D eigenvalue weighted by Gasteiger charge is 2.54. The zero-order valence-electron chi connectivity index (χ0n) is 15.1. The fourth-order valence-corrected chi connectivity index (χ4v) is 4.79. The van der Waals surface area contributed by atoms with E-state index in [4.69, 9.17) is 0 Å². The van der Waals surface area contributed by atoms with E-state index in [1.54, 1.807) is 18.2 Å². The molecule has 142 valence electrons. The summed E-state index contributed by atoms with van der Waals surface area (Å²) in [6.45, 7) is -0.514. The molecule has 0 unspecified atom stereocenters. The van der Waals surface area contributed by atoms with Gasteiger partial charge in [-0.2, -0.15) is 0 Å². The van der Waals surface area contributed by atoms with Crippen LogP contribution in [0, 0.1) is 5.82 Å². The van der Waals surface area contributed by atoms with E-state index in [2.05, 4.69) is 0 Å². The highest BCUT2D eigenvalue weighted by atomic mass is 19.1. The van der Waals surface area contributed by atoms with Crippen molar-refractivity contribution in [3.8, 4) is 0 Å². The predicted octanol–water partition coefficient (Wildman–Crippen LogP) is 3.47. The van der Waals surface area contributed by atoms with Crippen molar-refractivity contribution in [2.24, 2.45) is 0 Å². The minimum Gasteiger partial charge on any atom is -0.394 e. The van der Waals surface area contributed by atoms with Crippen molar-refractivity contribution >= 4 is 11.6 Å². The van der Waals surface area contributed by atoms with Crippen LogP contribution in [0.2, 0.25) is 0 Å². The Bertz CT molecular complexity index is 833. The van der Waals surface area contributed by atoms with Crippen LogP contribution in [-0.2, 0) is 10.2 Å². The zero-order valence-corrected chi connectivity index (χ0v) is 15.1. The lowest BCUT2D eigenvalue weighted by Crippen LogP contribution is -2.47. The van der Waals surface area contributed by atoms with E-state index in [1.165, 1.54) is 11.0 Å². The summed E-state index contributed by atoms with van der Waals surface area (Å²) < 4.78 is 15.0. The maximum Gasteiger partial charge on any atom is 0.238 e. The van der Waals surface area contributed by atoms with Gasteiger partial charge in [0.05, 0.1) is 23.8 Å². The molecule has 27 heavy (non-hydrogen) atoms. The molecule has 2 aliphatic rings. The van der Waals surface area contributed by atoms with Crippen molar-refractivity contribution in [1.29, 1.82) is 0 Å². The van der Waals surface area contributed by atoms with Gasteiger partial charge in [-0.25, -0.2) is 4.39 Å². The molecule has 1 spiro atoms. The van der Waals surface area contributed by atoms with Crippen LogP contribution in [0.25, 0.3) is 0 Å². The molecule has 1 aliphatic heterocycles. The molecule has 2 N–H and O–H groups in total. The summed E-state index contributed by atoms with van der Waals surface area (Å²) in [5.41, 5.74) is 0.927. The molecule has 2 aromatic carbocycles. The van der Waals surface area contributed by atoms with Gasteiger partial charge in [-0.15, -0.1) is 0 Å². The van der Waals surface area contributed by atoms with E-state index in [0.717, 1.165) is 24.8 Å². The largest absolute Gasteiger partial charge is 0.394 e. The smallest absolute Gasteiger partial charge is 0.238 e. The summed E-state index contributed by atoms with van der Waals surface area (Å²) in [5, 5.41) is 20.2. The Morgan fingerprint density at radius 3 is 2.41 bits per heavy atom. The van der Waals surface area contributed by atoms with Gasteiger partial charge in [0.25, 0.3) is 0 Å². The minimum absolute atomic E-state index is 0.163. The number of carbonyl (C=O) groups excluding carboxylic acids is 1. The van der Waals surface area contributed by atoms with Gasteiger partial charge in [0.1, 0.15) is 11.9 Å². The van der Waals surface area contributed by atoms with Gasteiger partial charge in [0, 0.05) is 0 Å². The lowest BCUT2D eigenvalue weighted by Gasteiger charge is -2.36. The Morgan fingerprint density at radius 1 is 1.04 bits per heavy atom. The second-order valence-corrected chi connectivity index (χ2v) is 7.56. The summed E-state index contributed by atoms with van der Waals surface area (Å²) in [6, 6.07) is 13.1. The molecular formula is C22H24FNO3. The molecule has 5 heteroatoms. The fraction of sp³-hybridized carbons (Fsp3) is 0.409. The van der Waals surface area contributed by atoms with E-state index < -0.39 is 30.0 Å². The number of para-hydroxylation sites is 1. The van der Waals surface area contributed by atoms with Crippen molar-refractivity contribution in [2.45, 2.75) is 49.7 Å². The Kier molecular flexibility index (Phi) is 4.74. The monoisotopic (exact) mass is 369 g/mol. The average Bonchev–Trinajstić information content (AvgIpc) is 2.94. The van der Waals surface area contributed by atoms with Crippen LogP contribution in [0.3, 0.4) is 0 Å². The van der Waals surface area contributed by atoms with E-state index in [-0.39, 0.29) is 11.6 Å². The molecule has 1 heterocycles. The topological polar surface area (TPSA) is 60.8 Å². The van der Waals surface area contributed by atoms with Gasteiger partial charge in [-0.3, -0.25) is 9.69 Å². The predicted molar refractivity (Wildman–Crippen MR) is 101 cm³/mol. The van der Waals surface area contributed by atoms with Crippen molar-refractivity contribution < 1.29 is 19.4 Å². The van der Waals surface area contributed by atoms with Crippen molar-refractivity contribution in [2.75, 3.05) is 11.5 Å². The van der Waals surface area contributed by atoms with Crippen molar-refractivity contribution in [3.05, 3.63) is 65.5 Å². The maximum atomic E-state index is 15.0. The van der Waals surface area contributed by atoms with Crippen LogP contribution in [0.4, 0.5) is 10.1 Å². The fourth-order valence-electron chi connectivity index (χ4n) is 4.79. The zero-order chi connectivity index (χ0) is 19.0. The van der Waals surface area contributed by atoms with Crippen molar-refractivity contribution in [1.82, 2.24) is 0 Å². The third-order valence-electron chi connectivity index (χ3n) is 6.05. The first-order chi connectivity index (χ1) is 13.1. The summed E-state index contributed by atoms with van der Waals surface area (Å²) >= 11 is 0. The lowest BCUT2D eigenvalue weighted by atomic mass is 9.70. The normalized spacial score (nSPS) is 20.6. The molecule has 1 aliphatic carbocycles. The van der Waals surface area contributed by atoms with Crippen LogP contribution in [0.15, 0.2) is 48.5 Å². The number of hydrogen-bond donors (Lipinski definition) is 2. The Morgan fingerprint density at radius 2 is 1.74 bits per heavy atom. The summed E-state index contributed by atoms with van der Waals surface area (Å²) in [4.78, 5) is 15.1. The first-order valence-corrected chi connectivity index (χ1v) is 9.57. The summed E-state index contributed by atoms with van der Waals surface area (Å²) in [5.74, 6) is -0.627. The van der Waals surface area contributed by atoms with Crippen LogP contribution in [-0.4, -0.2) is 28.8 Å². The van der Waals surface area contributed by atoms with Crippen LogP contribution in [0.5, 0.6) is 0 Å². The van der Waals surface area contributed by atoms with Gasteiger partial charge in [0.2, 0.25) is 5.91 Å². The quantitative estimate of drug-likeness (QED) is 0.868. The van der Waals surface area contributed by atoms with Crippen molar-refractivity contribution in [3.63, 3.8) is 0 Å². The van der Waals surface area contributed by atoms with Crippen LogP contribution < -0.4 is 4.90 Å². The van der Waals surface area contributed by atoms with Crippen LogP contribution in [0.1, 0.15) is 49.3 Å². The number of aliphatic hydroxyl groups is 2. The first-order valence-electron chi connectivity index (χ1n) is 9.57. The molecule has 2 atom stereocenters. The molecule has 0 aromatic heterocycles. The van der Waals surface area contributed by atoms with E-state index in [9.17, 15) is 19.4 Å². The van der Waals surface area contributed by atoms with E-state index in [1.807, 2.05) is 24.3 Å². The molecule has 0 bridgehead atoms. The SMILES string of the molecule is O=C1N([C@@H](c2ccccc2)[C@H](O)CO)c2c(F)cccc2C12CCCCC2. The summed E-state index contributed by atoms with van der Waals surface area (Å²) in [6.07, 6.45) is 3.09. The number of amides is 1. The maximum absolute atomic E-state index is 15.0. The number of rotatable bonds is 4. The van der Waals surface area contributed by atoms with E-state index >= 15 is 0 Å². The number of fused-ring (bicyclic) bond motifs is 2. The number of halogens is 1. The second-order valence-electron chi connectivity index (χ2n) is 7.56. The Balaban J connectivity index is 1.90. The molecule has 2 aromatic rings. The number of aliphatic hydroxyl groups excluding tert-OH is 2. The van der Waals surface area contributed by atoms with Crippen LogP contribution >= 0.6 is 0 Å². The molecule has 0 saturated heterocycles. The van der Waals surface area contributed by atoms with Gasteiger partial charge in [-0.1, -0.05) is 61.7 Å². The number of nitrogens with zero attached hydrogens (tertiary/aromatic N) is 1. The summed E-state index contributed by atoms with van der Waals surface area (Å²) in [7, 11) is 0. The first kappa shape index (κ1) is 18.1. The third kappa shape index (κ3) is 2.77. The highest BCUT2D eigenvalue weighted by molar-refractivity contribution is 6.09. The Labute approximate surface area is 158 Å². The minimum atomic E-state index is -1.21. The highest BCUT2D eigenvalue weighted by Crippen LogP contribution is 2.53. The number of hydrogen-bond acceptors (Lipinski definition) is 3.